The van der Waals surface area contributed by atoms with E-state index in [1.54, 1.807) is 24.2 Å². The van der Waals surface area contributed by atoms with E-state index in [1.807, 2.05) is 6.07 Å². The Bertz CT molecular complexity index is 374. The average molecular weight is 267 g/mol. The molecular formula is C13H21N3OS. The van der Waals surface area contributed by atoms with Crippen molar-refractivity contribution in [3.8, 4) is 0 Å². The highest BCUT2D eigenvalue weighted by molar-refractivity contribution is 7.99. The van der Waals surface area contributed by atoms with E-state index < -0.39 is 0 Å². The van der Waals surface area contributed by atoms with E-state index >= 15 is 0 Å². The summed E-state index contributed by atoms with van der Waals surface area (Å²) >= 11 is 1.63. The standard InChI is InChI=1S/C13H21N3OS/c1-9-8-11(16(3)4)10(2)12(17-9)18-13-14-6-5-7-15-13/h5-7,9-12H,8H2,1-4H3/t9?,10?,11?,12-/m0/s1. The van der Waals surface area contributed by atoms with Crippen LogP contribution in [0, 0.1) is 5.92 Å². The molecule has 0 saturated carbocycles. The van der Waals surface area contributed by atoms with Gasteiger partial charge in [0.25, 0.3) is 0 Å². The van der Waals surface area contributed by atoms with Crippen LogP contribution < -0.4 is 0 Å². The fraction of sp³-hybridized carbons (Fsp3) is 0.692. The zero-order valence-electron chi connectivity index (χ0n) is 11.4. The van der Waals surface area contributed by atoms with Gasteiger partial charge in [0.1, 0.15) is 5.44 Å². The van der Waals surface area contributed by atoms with Gasteiger partial charge in [-0.25, -0.2) is 9.97 Å². The van der Waals surface area contributed by atoms with Gasteiger partial charge in [-0.05, 0) is 33.5 Å². The molecule has 1 aromatic heterocycles. The lowest BCUT2D eigenvalue weighted by Crippen LogP contribution is -2.47. The molecule has 3 unspecified atom stereocenters. The fourth-order valence-electron chi connectivity index (χ4n) is 2.41. The van der Waals surface area contributed by atoms with Gasteiger partial charge in [0, 0.05) is 24.4 Å². The fourth-order valence-corrected chi connectivity index (χ4v) is 3.50. The van der Waals surface area contributed by atoms with E-state index in [2.05, 4.69) is 42.8 Å². The molecule has 5 heteroatoms. The first-order valence-electron chi connectivity index (χ1n) is 6.33. The Kier molecular flexibility index (Phi) is 4.59. The van der Waals surface area contributed by atoms with E-state index in [0.717, 1.165) is 11.6 Å². The SMILES string of the molecule is CC1CC(N(C)C)C(C)[C@H](Sc2ncccn2)O1. The van der Waals surface area contributed by atoms with Crippen molar-refractivity contribution in [3.63, 3.8) is 0 Å². The first-order valence-corrected chi connectivity index (χ1v) is 7.21. The van der Waals surface area contributed by atoms with E-state index in [-0.39, 0.29) is 11.5 Å². The molecule has 0 radical (unpaired) electrons. The van der Waals surface area contributed by atoms with Crippen LogP contribution in [0.15, 0.2) is 23.6 Å². The molecule has 0 N–H and O–H groups in total. The molecule has 0 aromatic carbocycles. The molecule has 0 aliphatic carbocycles. The number of hydrogen-bond donors (Lipinski definition) is 0. The maximum Gasteiger partial charge on any atom is 0.190 e. The molecule has 1 aliphatic rings. The molecule has 0 bridgehead atoms. The highest BCUT2D eigenvalue weighted by Gasteiger charge is 2.36. The molecule has 0 spiro atoms. The molecule has 100 valence electrons. The van der Waals surface area contributed by atoms with Gasteiger partial charge in [0.05, 0.1) is 6.10 Å². The zero-order valence-corrected chi connectivity index (χ0v) is 12.2. The number of rotatable bonds is 3. The van der Waals surface area contributed by atoms with Crippen LogP contribution in [0.25, 0.3) is 0 Å². The normalized spacial score (nSPS) is 32.7. The first kappa shape index (κ1) is 13.8. The smallest absolute Gasteiger partial charge is 0.190 e. The van der Waals surface area contributed by atoms with Gasteiger partial charge in [-0.15, -0.1) is 0 Å². The summed E-state index contributed by atoms with van der Waals surface area (Å²) < 4.78 is 6.04. The van der Waals surface area contributed by atoms with E-state index in [4.69, 9.17) is 4.74 Å². The monoisotopic (exact) mass is 267 g/mol. The van der Waals surface area contributed by atoms with Gasteiger partial charge in [0.2, 0.25) is 0 Å². The Balaban J connectivity index is 2.07. The highest BCUT2D eigenvalue weighted by Crippen LogP contribution is 2.36. The third-order valence-corrected chi connectivity index (χ3v) is 4.60. The zero-order chi connectivity index (χ0) is 13.1. The molecular weight excluding hydrogens is 246 g/mol. The van der Waals surface area contributed by atoms with Gasteiger partial charge in [-0.3, -0.25) is 0 Å². The summed E-state index contributed by atoms with van der Waals surface area (Å²) in [5.74, 6) is 0.463. The molecule has 1 saturated heterocycles. The van der Waals surface area contributed by atoms with E-state index in [1.165, 1.54) is 0 Å². The van der Waals surface area contributed by atoms with Crippen molar-refractivity contribution in [1.82, 2.24) is 14.9 Å². The molecule has 1 fully saturated rings. The minimum absolute atomic E-state index is 0.128. The average Bonchev–Trinajstić information content (AvgIpc) is 2.34. The summed E-state index contributed by atoms with van der Waals surface area (Å²) in [6.45, 7) is 4.39. The summed E-state index contributed by atoms with van der Waals surface area (Å²) in [5.41, 5.74) is 0.128. The second-order valence-electron chi connectivity index (χ2n) is 5.09. The number of ether oxygens (including phenoxy) is 1. The van der Waals surface area contributed by atoms with Gasteiger partial charge in [-0.1, -0.05) is 18.7 Å². The second-order valence-corrected chi connectivity index (χ2v) is 6.16. The quantitative estimate of drug-likeness (QED) is 0.786. The molecule has 2 heterocycles. The van der Waals surface area contributed by atoms with Crippen LogP contribution in [0.1, 0.15) is 20.3 Å². The number of hydrogen-bond acceptors (Lipinski definition) is 5. The van der Waals surface area contributed by atoms with Crippen LogP contribution in [0.3, 0.4) is 0 Å². The largest absolute Gasteiger partial charge is 0.364 e. The van der Waals surface area contributed by atoms with Gasteiger partial charge in [0.15, 0.2) is 5.16 Å². The van der Waals surface area contributed by atoms with Crippen molar-refractivity contribution < 1.29 is 4.74 Å². The lowest BCUT2D eigenvalue weighted by atomic mass is 9.93. The summed E-state index contributed by atoms with van der Waals surface area (Å²) in [6, 6.07) is 2.38. The van der Waals surface area contributed by atoms with Gasteiger partial charge >= 0.3 is 0 Å². The Labute approximate surface area is 113 Å². The van der Waals surface area contributed by atoms with Crippen LogP contribution in [-0.4, -0.2) is 46.5 Å². The summed E-state index contributed by atoms with van der Waals surface area (Å²) in [6.07, 6.45) is 4.92. The maximum absolute atomic E-state index is 6.04. The van der Waals surface area contributed by atoms with Crippen molar-refractivity contribution in [1.29, 1.82) is 0 Å². The van der Waals surface area contributed by atoms with Gasteiger partial charge < -0.3 is 9.64 Å². The predicted octanol–water partition coefficient (Wildman–Crippen LogP) is 2.27. The van der Waals surface area contributed by atoms with Crippen molar-refractivity contribution in [2.45, 2.75) is 43.0 Å². The Hall–Kier alpha value is -0.650. The molecule has 18 heavy (non-hydrogen) atoms. The Morgan fingerprint density at radius 1 is 1.28 bits per heavy atom. The second kappa shape index (κ2) is 5.99. The lowest BCUT2D eigenvalue weighted by molar-refractivity contribution is -0.0589. The predicted molar refractivity (Wildman–Crippen MR) is 73.5 cm³/mol. The number of thioether (sulfide) groups is 1. The lowest BCUT2D eigenvalue weighted by Gasteiger charge is -2.41. The highest BCUT2D eigenvalue weighted by atomic mass is 32.2. The summed E-state index contributed by atoms with van der Waals surface area (Å²) in [5, 5.41) is 0.793. The van der Waals surface area contributed by atoms with E-state index in [9.17, 15) is 0 Å². The molecule has 4 atom stereocenters. The van der Waals surface area contributed by atoms with Crippen LogP contribution in [0.2, 0.25) is 0 Å². The van der Waals surface area contributed by atoms with Crippen molar-refractivity contribution >= 4 is 11.8 Å². The minimum atomic E-state index is 0.128. The summed E-state index contributed by atoms with van der Waals surface area (Å²) in [7, 11) is 4.28. The van der Waals surface area contributed by atoms with Crippen LogP contribution in [0.4, 0.5) is 0 Å². The van der Waals surface area contributed by atoms with Crippen molar-refractivity contribution in [2.75, 3.05) is 14.1 Å². The van der Waals surface area contributed by atoms with Crippen LogP contribution in [0.5, 0.6) is 0 Å². The summed E-state index contributed by atoms with van der Waals surface area (Å²) in [4.78, 5) is 10.8. The van der Waals surface area contributed by atoms with Crippen LogP contribution in [-0.2, 0) is 4.74 Å². The van der Waals surface area contributed by atoms with E-state index in [0.29, 0.717) is 12.0 Å². The van der Waals surface area contributed by atoms with Crippen molar-refractivity contribution in [3.05, 3.63) is 18.5 Å². The molecule has 1 aliphatic heterocycles. The third-order valence-electron chi connectivity index (χ3n) is 3.40. The maximum atomic E-state index is 6.04. The molecule has 4 nitrogen and oxygen atoms in total. The first-order chi connectivity index (χ1) is 8.58. The molecule has 0 amide bonds. The van der Waals surface area contributed by atoms with Crippen molar-refractivity contribution in [2.24, 2.45) is 5.92 Å². The number of nitrogens with zero attached hydrogens (tertiary/aromatic N) is 3. The van der Waals surface area contributed by atoms with Crippen LogP contribution >= 0.6 is 11.8 Å². The van der Waals surface area contributed by atoms with Gasteiger partial charge in [-0.2, -0.15) is 0 Å². The Morgan fingerprint density at radius 3 is 2.56 bits per heavy atom. The topological polar surface area (TPSA) is 38.2 Å². The number of aromatic nitrogens is 2. The third kappa shape index (κ3) is 3.22. The molecule has 1 aromatic rings. The minimum Gasteiger partial charge on any atom is -0.364 e. The molecule has 2 rings (SSSR count). The Morgan fingerprint density at radius 2 is 1.94 bits per heavy atom.